The molecule has 0 spiro atoms. The zero-order valence-electron chi connectivity index (χ0n) is 6.70. The summed E-state index contributed by atoms with van der Waals surface area (Å²) in [7, 11) is 0. The average Bonchev–Trinajstić information content (AvgIpc) is 2.06. The van der Waals surface area contributed by atoms with Crippen LogP contribution >= 0.6 is 0 Å². The molecule has 0 bridgehead atoms. The predicted molar refractivity (Wildman–Crippen MR) is 46.8 cm³/mol. The molecule has 1 aromatic carbocycles. The van der Waals surface area contributed by atoms with Crippen molar-refractivity contribution >= 4 is 0 Å². The highest BCUT2D eigenvalue weighted by molar-refractivity contribution is 5.17. The molecule has 0 fully saturated rings. The first kappa shape index (κ1) is 8.78. The lowest BCUT2D eigenvalue weighted by molar-refractivity contribution is 0.261. The summed E-state index contributed by atoms with van der Waals surface area (Å²) in [4.78, 5) is 0. The highest BCUT2D eigenvalue weighted by atomic mass is 19.1. The molecule has 0 aromatic heterocycles. The number of benzene rings is 1. The van der Waals surface area contributed by atoms with Crippen LogP contribution in [0.3, 0.4) is 0 Å². The van der Waals surface area contributed by atoms with Gasteiger partial charge in [-0.05, 0) is 5.56 Å². The Labute approximate surface area is 71.2 Å². The Bertz CT molecular complexity index is 256. The summed E-state index contributed by atoms with van der Waals surface area (Å²) in [6.45, 7) is 3.13. The highest BCUT2D eigenvalue weighted by Crippen LogP contribution is 2.09. The number of allylic oxidation sites excluding steroid dienone is 1. The molecule has 1 N–H and O–H groups in total. The number of hydrogen-bond acceptors (Lipinski definition) is 1. The van der Waals surface area contributed by atoms with Crippen molar-refractivity contribution in [3.8, 4) is 0 Å². The van der Waals surface area contributed by atoms with Gasteiger partial charge in [0.2, 0.25) is 0 Å². The van der Waals surface area contributed by atoms with Crippen molar-refractivity contribution in [3.05, 3.63) is 48.2 Å². The van der Waals surface area contributed by atoms with Crippen LogP contribution in [0, 0.1) is 0 Å². The summed E-state index contributed by atoms with van der Waals surface area (Å²) in [5.41, 5.74) is 0.861. The standard InChI is InChI=1S/C10H11FO/c1-8(12)10(11)7-9-5-3-2-4-6-9/h2-6,10,12H,1,7H2. The number of alkyl halides is 1. The molecule has 0 heterocycles. The number of aliphatic hydroxyl groups is 1. The number of aliphatic hydroxyl groups excluding tert-OH is 1. The molecule has 0 aliphatic carbocycles. The van der Waals surface area contributed by atoms with Crippen LogP contribution in [0.1, 0.15) is 5.56 Å². The third-order valence-electron chi connectivity index (χ3n) is 1.62. The molecule has 0 amide bonds. The van der Waals surface area contributed by atoms with Crippen LogP contribution < -0.4 is 0 Å². The second-order valence-corrected chi connectivity index (χ2v) is 2.65. The average molecular weight is 166 g/mol. The topological polar surface area (TPSA) is 20.2 Å². The van der Waals surface area contributed by atoms with Gasteiger partial charge in [0.1, 0.15) is 5.76 Å². The molecule has 2 heteroatoms. The Morgan fingerprint density at radius 3 is 2.50 bits per heavy atom. The van der Waals surface area contributed by atoms with Crippen molar-refractivity contribution in [1.29, 1.82) is 0 Å². The van der Waals surface area contributed by atoms with E-state index in [-0.39, 0.29) is 6.42 Å². The van der Waals surface area contributed by atoms with Gasteiger partial charge in [0.05, 0.1) is 0 Å². The monoisotopic (exact) mass is 166 g/mol. The van der Waals surface area contributed by atoms with Crippen molar-refractivity contribution in [2.24, 2.45) is 0 Å². The van der Waals surface area contributed by atoms with Gasteiger partial charge in [-0.1, -0.05) is 36.9 Å². The van der Waals surface area contributed by atoms with E-state index in [4.69, 9.17) is 5.11 Å². The predicted octanol–water partition coefficient (Wildman–Crippen LogP) is 2.64. The molecule has 1 atom stereocenters. The van der Waals surface area contributed by atoms with Gasteiger partial charge in [0.25, 0.3) is 0 Å². The lowest BCUT2D eigenvalue weighted by Crippen LogP contribution is -2.06. The van der Waals surface area contributed by atoms with Crippen LogP contribution in [0.4, 0.5) is 4.39 Å². The van der Waals surface area contributed by atoms with E-state index in [0.717, 1.165) is 5.56 Å². The second kappa shape index (κ2) is 3.90. The third kappa shape index (κ3) is 2.38. The summed E-state index contributed by atoms with van der Waals surface area (Å²) in [5.74, 6) is -0.404. The van der Waals surface area contributed by atoms with E-state index in [9.17, 15) is 4.39 Å². The third-order valence-corrected chi connectivity index (χ3v) is 1.62. The molecular formula is C10H11FO. The Morgan fingerprint density at radius 1 is 1.42 bits per heavy atom. The molecule has 1 unspecified atom stereocenters. The van der Waals surface area contributed by atoms with Crippen molar-refractivity contribution in [2.45, 2.75) is 12.6 Å². The maximum absolute atomic E-state index is 12.9. The summed E-state index contributed by atoms with van der Waals surface area (Å²) >= 11 is 0. The molecular weight excluding hydrogens is 155 g/mol. The fraction of sp³-hybridized carbons (Fsp3) is 0.200. The van der Waals surface area contributed by atoms with Crippen LogP contribution in [-0.4, -0.2) is 11.3 Å². The molecule has 1 nitrogen and oxygen atoms in total. The van der Waals surface area contributed by atoms with Crippen molar-refractivity contribution in [3.63, 3.8) is 0 Å². The molecule has 64 valence electrons. The Balaban J connectivity index is 2.58. The summed E-state index contributed by atoms with van der Waals surface area (Å²) in [5, 5.41) is 8.71. The van der Waals surface area contributed by atoms with Gasteiger partial charge in [-0.3, -0.25) is 0 Å². The van der Waals surface area contributed by atoms with Crippen LogP contribution in [0.5, 0.6) is 0 Å². The van der Waals surface area contributed by atoms with E-state index >= 15 is 0 Å². The van der Waals surface area contributed by atoms with E-state index in [2.05, 4.69) is 6.58 Å². The molecule has 0 saturated carbocycles. The quantitative estimate of drug-likeness (QED) is 0.684. The van der Waals surface area contributed by atoms with Gasteiger partial charge in [-0.2, -0.15) is 0 Å². The molecule has 0 saturated heterocycles. The minimum absolute atomic E-state index is 0.191. The SMILES string of the molecule is C=C(O)C(F)Cc1ccccc1. The van der Waals surface area contributed by atoms with Crippen LogP contribution in [0.15, 0.2) is 42.7 Å². The summed E-state index contributed by atoms with van der Waals surface area (Å²) < 4.78 is 12.9. The summed E-state index contributed by atoms with van der Waals surface area (Å²) in [6, 6.07) is 9.17. The van der Waals surface area contributed by atoms with Gasteiger partial charge in [-0.25, -0.2) is 4.39 Å². The largest absolute Gasteiger partial charge is 0.510 e. The molecule has 0 radical (unpaired) electrons. The van der Waals surface area contributed by atoms with E-state index in [1.807, 2.05) is 30.3 Å². The van der Waals surface area contributed by atoms with Crippen molar-refractivity contribution in [1.82, 2.24) is 0 Å². The molecule has 0 aliphatic rings. The zero-order valence-corrected chi connectivity index (χ0v) is 6.70. The van der Waals surface area contributed by atoms with Gasteiger partial charge >= 0.3 is 0 Å². The van der Waals surface area contributed by atoms with E-state index in [1.54, 1.807) is 0 Å². The van der Waals surface area contributed by atoms with E-state index in [0.29, 0.717) is 0 Å². The minimum Gasteiger partial charge on any atom is -0.510 e. The fourth-order valence-corrected chi connectivity index (χ4v) is 0.939. The molecule has 12 heavy (non-hydrogen) atoms. The fourth-order valence-electron chi connectivity index (χ4n) is 0.939. The van der Waals surface area contributed by atoms with Crippen molar-refractivity contribution < 1.29 is 9.50 Å². The van der Waals surface area contributed by atoms with E-state index in [1.165, 1.54) is 0 Å². The van der Waals surface area contributed by atoms with Crippen LogP contribution in [0.25, 0.3) is 0 Å². The first-order chi connectivity index (χ1) is 5.70. The first-order valence-corrected chi connectivity index (χ1v) is 3.76. The molecule has 1 aromatic rings. The smallest absolute Gasteiger partial charge is 0.160 e. The van der Waals surface area contributed by atoms with Crippen LogP contribution in [-0.2, 0) is 6.42 Å². The minimum atomic E-state index is -1.35. The number of rotatable bonds is 3. The lowest BCUT2D eigenvalue weighted by Gasteiger charge is -2.05. The van der Waals surface area contributed by atoms with Crippen molar-refractivity contribution in [2.75, 3.05) is 0 Å². The number of halogens is 1. The molecule has 0 aliphatic heterocycles. The molecule has 1 rings (SSSR count). The van der Waals surface area contributed by atoms with Gasteiger partial charge < -0.3 is 5.11 Å². The van der Waals surface area contributed by atoms with Gasteiger partial charge in [0.15, 0.2) is 6.17 Å². The maximum Gasteiger partial charge on any atom is 0.160 e. The number of hydrogen-bond donors (Lipinski definition) is 1. The highest BCUT2D eigenvalue weighted by Gasteiger charge is 2.09. The zero-order chi connectivity index (χ0) is 8.97. The van der Waals surface area contributed by atoms with E-state index < -0.39 is 11.9 Å². The van der Waals surface area contributed by atoms with Crippen LogP contribution in [0.2, 0.25) is 0 Å². The maximum atomic E-state index is 12.9. The Morgan fingerprint density at radius 2 is 2.00 bits per heavy atom. The first-order valence-electron chi connectivity index (χ1n) is 3.76. The Hall–Kier alpha value is -1.31. The normalized spacial score (nSPS) is 12.4. The van der Waals surface area contributed by atoms with Gasteiger partial charge in [0, 0.05) is 6.42 Å². The lowest BCUT2D eigenvalue weighted by atomic mass is 10.1. The summed E-state index contributed by atoms with van der Waals surface area (Å²) in [6.07, 6.45) is -1.16. The van der Waals surface area contributed by atoms with Gasteiger partial charge in [-0.15, -0.1) is 0 Å². The second-order valence-electron chi connectivity index (χ2n) is 2.65. The Kier molecular flexibility index (Phi) is 2.86.